The summed E-state index contributed by atoms with van der Waals surface area (Å²) in [6, 6.07) is 8.22. The van der Waals surface area contributed by atoms with E-state index in [0.29, 0.717) is 25.0 Å². The lowest BCUT2D eigenvalue weighted by atomic mass is 9.92. The van der Waals surface area contributed by atoms with Crippen molar-refractivity contribution in [1.29, 1.82) is 0 Å². The van der Waals surface area contributed by atoms with Crippen LogP contribution in [0, 0.1) is 12.8 Å². The molecule has 2 aromatic rings. The number of amides is 2. The van der Waals surface area contributed by atoms with E-state index in [9.17, 15) is 9.59 Å². The number of ether oxygens (including phenoxy) is 1. The molecule has 1 aliphatic rings. The number of rotatable bonds is 15. The van der Waals surface area contributed by atoms with E-state index < -0.39 is 0 Å². The Kier molecular flexibility index (Phi) is 11.9. The minimum absolute atomic E-state index is 0.0277. The average molecular weight is 546 g/mol. The van der Waals surface area contributed by atoms with Crippen LogP contribution in [0.5, 0.6) is 0 Å². The fraction of sp³-hybridized carbons (Fsp3) is 0.438. The number of allylic oxidation sites excluding steroid dienone is 2. The number of nitrogens with zero attached hydrogens (tertiary/aromatic N) is 4. The molecular weight excluding hydrogens is 502 g/mol. The summed E-state index contributed by atoms with van der Waals surface area (Å²) in [6.45, 7) is 14.8. The Labute approximate surface area is 238 Å². The average Bonchev–Trinajstić information content (AvgIpc) is 2.93. The molecular formula is C32H43N5O3. The molecule has 8 nitrogen and oxygen atoms in total. The van der Waals surface area contributed by atoms with E-state index in [1.807, 2.05) is 42.3 Å². The Morgan fingerprint density at radius 3 is 2.60 bits per heavy atom. The highest BCUT2D eigenvalue weighted by molar-refractivity contribution is 5.87. The Morgan fingerprint density at radius 2 is 1.95 bits per heavy atom. The molecule has 0 saturated carbocycles. The number of carbonyl (C=O) groups is 2. The van der Waals surface area contributed by atoms with Gasteiger partial charge in [0.1, 0.15) is 0 Å². The van der Waals surface area contributed by atoms with Crippen LogP contribution < -0.4 is 5.32 Å². The maximum atomic E-state index is 11.8. The summed E-state index contributed by atoms with van der Waals surface area (Å²) in [4.78, 5) is 36.1. The standard InChI is InChI=1S/C32H43N5O3/c1-6-19-36(32(39)40-5)20-9-12-26-14-17-29(18-15-26)35-31-33-21-28(25(4)34-31)16-13-24(3)10-8-11-27-22-37(23-27)30(38)7-2/h7,13-18,21,27H,2-3,6,8-12,19-20,22-23H2,1,4-5H3,(H,33,34,35)/b16-13-. The van der Waals surface area contributed by atoms with Crippen molar-refractivity contribution in [3.8, 4) is 0 Å². The third-order valence-electron chi connectivity index (χ3n) is 7.10. The number of benzene rings is 1. The van der Waals surface area contributed by atoms with Crippen molar-refractivity contribution >= 4 is 29.7 Å². The molecule has 8 heteroatoms. The van der Waals surface area contributed by atoms with E-state index in [4.69, 9.17) is 4.74 Å². The molecule has 0 unspecified atom stereocenters. The minimum atomic E-state index is -0.264. The quantitative estimate of drug-likeness (QED) is 0.208. The molecule has 1 aromatic carbocycles. The van der Waals surface area contributed by atoms with Crippen LogP contribution >= 0.6 is 0 Å². The van der Waals surface area contributed by atoms with Gasteiger partial charge < -0.3 is 19.9 Å². The summed E-state index contributed by atoms with van der Waals surface area (Å²) in [7, 11) is 1.42. The molecule has 0 bridgehead atoms. The van der Waals surface area contributed by atoms with Crippen molar-refractivity contribution in [2.45, 2.75) is 52.4 Å². The van der Waals surface area contributed by atoms with Gasteiger partial charge in [-0.25, -0.2) is 14.8 Å². The van der Waals surface area contributed by atoms with E-state index >= 15 is 0 Å². The van der Waals surface area contributed by atoms with Gasteiger partial charge in [-0.15, -0.1) is 0 Å². The molecule has 2 heterocycles. The van der Waals surface area contributed by atoms with E-state index in [-0.39, 0.29) is 12.0 Å². The first-order valence-corrected chi connectivity index (χ1v) is 14.1. The number of carbonyl (C=O) groups excluding carboxylic acids is 2. The van der Waals surface area contributed by atoms with Crippen LogP contribution in [-0.2, 0) is 16.0 Å². The summed E-state index contributed by atoms with van der Waals surface area (Å²) < 4.78 is 4.87. The van der Waals surface area contributed by atoms with E-state index in [1.54, 1.807) is 4.90 Å². The fourth-order valence-electron chi connectivity index (χ4n) is 4.72. The molecule has 0 radical (unpaired) electrons. The molecule has 1 N–H and O–H groups in total. The SMILES string of the molecule is C=CC(=O)N1CC(CCCC(=C)/C=C\c2cnc(Nc3ccc(CCCN(CCC)C(=O)OC)cc3)nc2C)C1. The maximum absolute atomic E-state index is 11.8. The largest absolute Gasteiger partial charge is 0.453 e. The van der Waals surface area contributed by atoms with Gasteiger partial charge in [-0.3, -0.25) is 4.79 Å². The number of hydrogen-bond acceptors (Lipinski definition) is 6. The van der Waals surface area contributed by atoms with Gasteiger partial charge in [0.2, 0.25) is 11.9 Å². The Balaban J connectivity index is 1.41. The number of aromatic nitrogens is 2. The molecule has 1 fully saturated rings. The molecule has 0 spiro atoms. The second-order valence-electron chi connectivity index (χ2n) is 10.3. The van der Waals surface area contributed by atoms with Crippen LogP contribution in [0.25, 0.3) is 6.08 Å². The third-order valence-corrected chi connectivity index (χ3v) is 7.10. The van der Waals surface area contributed by atoms with Crippen LogP contribution in [0.3, 0.4) is 0 Å². The lowest BCUT2D eigenvalue weighted by Crippen LogP contribution is -2.49. The van der Waals surface area contributed by atoms with Crippen molar-refractivity contribution in [3.63, 3.8) is 0 Å². The van der Waals surface area contributed by atoms with E-state index in [2.05, 4.69) is 47.5 Å². The van der Waals surface area contributed by atoms with Gasteiger partial charge in [0.15, 0.2) is 0 Å². The molecule has 1 saturated heterocycles. The van der Waals surface area contributed by atoms with Crippen molar-refractivity contribution in [3.05, 3.63) is 78.2 Å². The Hall–Kier alpha value is -3.94. The number of methoxy groups -OCH3 is 1. The topological polar surface area (TPSA) is 87.7 Å². The van der Waals surface area contributed by atoms with Crippen LogP contribution in [0.1, 0.15) is 55.8 Å². The molecule has 1 aliphatic heterocycles. The first-order chi connectivity index (χ1) is 19.3. The van der Waals surface area contributed by atoms with E-state index in [0.717, 1.165) is 74.1 Å². The smallest absolute Gasteiger partial charge is 0.409 e. The second-order valence-corrected chi connectivity index (χ2v) is 10.3. The maximum Gasteiger partial charge on any atom is 0.409 e. The zero-order valence-corrected chi connectivity index (χ0v) is 24.2. The van der Waals surface area contributed by atoms with E-state index in [1.165, 1.54) is 18.7 Å². The third kappa shape index (κ3) is 9.36. The lowest BCUT2D eigenvalue weighted by Gasteiger charge is -2.38. The summed E-state index contributed by atoms with van der Waals surface area (Å²) >= 11 is 0. The zero-order valence-electron chi connectivity index (χ0n) is 24.2. The number of likely N-dealkylation sites (tertiary alicyclic amines) is 1. The number of anilines is 2. The van der Waals surface area contributed by atoms with Gasteiger partial charge in [0.05, 0.1) is 12.8 Å². The van der Waals surface area contributed by atoms with Gasteiger partial charge in [-0.05, 0) is 75.1 Å². The van der Waals surface area contributed by atoms with Gasteiger partial charge >= 0.3 is 6.09 Å². The normalized spacial score (nSPS) is 13.1. The predicted molar refractivity (Wildman–Crippen MR) is 161 cm³/mol. The summed E-state index contributed by atoms with van der Waals surface area (Å²) in [5.74, 6) is 1.17. The predicted octanol–water partition coefficient (Wildman–Crippen LogP) is 6.32. The first kappa shape index (κ1) is 30.6. The Morgan fingerprint density at radius 1 is 1.20 bits per heavy atom. The van der Waals surface area contributed by atoms with Crippen molar-refractivity contribution in [2.24, 2.45) is 5.92 Å². The van der Waals surface area contributed by atoms with Gasteiger partial charge in [0.25, 0.3) is 0 Å². The highest BCUT2D eigenvalue weighted by atomic mass is 16.5. The zero-order chi connectivity index (χ0) is 28.9. The van der Waals surface area contributed by atoms with Crippen LogP contribution in [-0.4, -0.2) is 65.1 Å². The molecule has 2 amide bonds. The molecule has 1 aromatic heterocycles. The molecule has 0 aliphatic carbocycles. The second kappa shape index (κ2) is 15.6. The molecule has 40 heavy (non-hydrogen) atoms. The number of hydrogen-bond donors (Lipinski definition) is 1. The number of aryl methyl sites for hydroxylation is 2. The summed E-state index contributed by atoms with van der Waals surface area (Å²) in [5.41, 5.74) is 5.06. The summed E-state index contributed by atoms with van der Waals surface area (Å²) in [5, 5.41) is 3.28. The minimum Gasteiger partial charge on any atom is -0.453 e. The fourth-order valence-corrected chi connectivity index (χ4v) is 4.72. The van der Waals surface area contributed by atoms with Crippen molar-refractivity contribution in [2.75, 3.05) is 38.6 Å². The summed E-state index contributed by atoms with van der Waals surface area (Å²) in [6.07, 6.45) is 12.8. The molecule has 214 valence electrons. The number of nitrogens with one attached hydrogen (secondary N) is 1. The van der Waals surface area contributed by atoms with Crippen LogP contribution in [0.15, 0.2) is 61.3 Å². The van der Waals surface area contributed by atoms with Gasteiger partial charge in [0, 0.05) is 43.6 Å². The highest BCUT2D eigenvalue weighted by Gasteiger charge is 2.28. The van der Waals surface area contributed by atoms with Crippen LogP contribution in [0.2, 0.25) is 0 Å². The lowest BCUT2D eigenvalue weighted by molar-refractivity contribution is -0.132. The first-order valence-electron chi connectivity index (χ1n) is 14.1. The van der Waals surface area contributed by atoms with Gasteiger partial charge in [-0.1, -0.05) is 49.9 Å². The van der Waals surface area contributed by atoms with Crippen LogP contribution in [0.4, 0.5) is 16.4 Å². The molecule has 0 atom stereocenters. The van der Waals surface area contributed by atoms with Crippen molar-refractivity contribution in [1.82, 2.24) is 19.8 Å². The highest BCUT2D eigenvalue weighted by Crippen LogP contribution is 2.23. The van der Waals surface area contributed by atoms with Gasteiger partial charge in [-0.2, -0.15) is 0 Å². The van der Waals surface area contributed by atoms with Crippen molar-refractivity contribution < 1.29 is 14.3 Å². The monoisotopic (exact) mass is 545 g/mol. The molecule has 3 rings (SSSR count). The Bertz CT molecular complexity index is 1190.